The van der Waals surface area contributed by atoms with Gasteiger partial charge in [0.1, 0.15) is 5.60 Å². The first kappa shape index (κ1) is 36.7. The Morgan fingerprint density at radius 3 is 1.38 bits per heavy atom. The van der Waals surface area contributed by atoms with E-state index in [9.17, 15) is 9.79 Å². The van der Waals surface area contributed by atoms with Crippen LogP contribution in [0.3, 0.4) is 0 Å². The lowest BCUT2D eigenvalue weighted by Gasteiger charge is -2.44. The summed E-state index contributed by atoms with van der Waals surface area (Å²) in [6.45, 7) is 31.2. The largest absolute Gasteiger partial charge is 0.328 e. The molecule has 0 aliphatic heterocycles. The zero-order chi connectivity index (χ0) is 32.3. The summed E-state index contributed by atoms with van der Waals surface area (Å²) < 4.78 is 6.65. The van der Waals surface area contributed by atoms with Gasteiger partial charge in [-0.25, -0.2) is 0 Å². The minimum atomic E-state index is -2.69. The van der Waals surface area contributed by atoms with Crippen molar-refractivity contribution in [2.24, 2.45) is 0 Å². The van der Waals surface area contributed by atoms with Gasteiger partial charge in [-0.1, -0.05) is 152 Å². The van der Waals surface area contributed by atoms with E-state index in [1.807, 2.05) is 0 Å². The summed E-state index contributed by atoms with van der Waals surface area (Å²) >= 11 is 0. The van der Waals surface area contributed by atoms with Crippen molar-refractivity contribution in [1.29, 1.82) is 0 Å². The fourth-order valence-corrected chi connectivity index (χ4v) is 6.47. The Kier molecular flexibility index (Phi) is 11.9. The predicted molar refractivity (Wildman–Crippen MR) is 183 cm³/mol. The molecular weight excluding hydrogens is 535 g/mol. The first-order chi connectivity index (χ1) is 19.1. The molecule has 2 aromatic carbocycles. The number of hydrogen-bond donors (Lipinski definition) is 2. The first-order valence-electron chi connectivity index (χ1n) is 15.9. The lowest BCUT2D eigenvalue weighted by atomic mass is 9.66. The van der Waals surface area contributed by atoms with Crippen LogP contribution in [-0.2, 0) is 31.8 Å². The van der Waals surface area contributed by atoms with E-state index in [-0.39, 0.29) is 21.7 Å². The fraction of sp³-hybridized carbons (Fsp3) is 0.632. The van der Waals surface area contributed by atoms with Crippen molar-refractivity contribution in [1.82, 2.24) is 0 Å². The molecule has 42 heavy (non-hydrogen) atoms. The summed E-state index contributed by atoms with van der Waals surface area (Å²) in [5.41, 5.74) is 6.26. The number of benzene rings is 2. The van der Waals surface area contributed by atoms with Gasteiger partial charge in [-0.3, -0.25) is 4.52 Å². The van der Waals surface area contributed by atoms with Crippen LogP contribution in [0.2, 0.25) is 0 Å². The molecule has 0 amide bonds. The molecule has 0 saturated carbocycles. The van der Waals surface area contributed by atoms with Crippen LogP contribution in [0.1, 0.15) is 162 Å². The molecule has 0 bridgehead atoms. The smallest absolute Gasteiger partial charge is 0.328 e. The highest BCUT2D eigenvalue weighted by atomic mass is 31.2. The van der Waals surface area contributed by atoms with Crippen LogP contribution in [0.5, 0.6) is 0 Å². The minimum absolute atomic E-state index is 0.0306. The van der Waals surface area contributed by atoms with E-state index in [4.69, 9.17) is 4.52 Å². The summed E-state index contributed by atoms with van der Waals surface area (Å²) in [5.74, 6) is 0. The van der Waals surface area contributed by atoms with E-state index >= 15 is 0 Å². The van der Waals surface area contributed by atoms with Crippen molar-refractivity contribution < 1.29 is 14.3 Å². The number of unbranched alkanes of at least 4 members (excludes halogenated alkanes) is 3. The molecule has 4 heteroatoms. The van der Waals surface area contributed by atoms with Crippen molar-refractivity contribution in [3.8, 4) is 0 Å². The van der Waals surface area contributed by atoms with E-state index in [0.29, 0.717) is 0 Å². The lowest BCUT2D eigenvalue weighted by molar-refractivity contribution is 0.117. The van der Waals surface area contributed by atoms with Crippen molar-refractivity contribution in [3.63, 3.8) is 0 Å². The first-order valence-corrected chi connectivity index (χ1v) is 17.1. The van der Waals surface area contributed by atoms with Crippen molar-refractivity contribution >= 4 is 8.60 Å². The van der Waals surface area contributed by atoms with Gasteiger partial charge in [0.2, 0.25) is 0 Å². The van der Waals surface area contributed by atoms with Crippen LogP contribution >= 0.6 is 8.60 Å². The monoisotopic (exact) mass is 596 g/mol. The topological polar surface area (TPSA) is 49.7 Å². The Balaban J connectivity index is 3.22. The molecule has 0 spiro atoms. The number of hydrogen-bond acceptors (Lipinski definition) is 3. The van der Waals surface area contributed by atoms with Crippen LogP contribution in [-0.4, -0.2) is 9.79 Å². The molecule has 0 aliphatic rings. The van der Waals surface area contributed by atoms with Crippen LogP contribution in [0, 0.1) is 0 Å². The Bertz CT molecular complexity index is 1140. The molecule has 0 saturated heterocycles. The van der Waals surface area contributed by atoms with Crippen molar-refractivity contribution in [2.45, 2.75) is 156 Å². The second-order valence-corrected chi connectivity index (χ2v) is 16.9. The molecule has 236 valence electrons. The van der Waals surface area contributed by atoms with Gasteiger partial charge >= 0.3 is 8.60 Å². The minimum Gasteiger partial charge on any atom is -0.328 e. The van der Waals surface area contributed by atoms with E-state index in [2.05, 4.69) is 139 Å². The van der Waals surface area contributed by atoms with Gasteiger partial charge in [0, 0.05) is 0 Å². The zero-order valence-electron chi connectivity index (χ0n) is 29.3. The van der Waals surface area contributed by atoms with Gasteiger partial charge in [-0.05, 0) is 80.4 Å². The Labute approximate surface area is 260 Å². The van der Waals surface area contributed by atoms with Crippen LogP contribution in [0.15, 0.2) is 48.0 Å². The van der Waals surface area contributed by atoms with Crippen LogP contribution in [0.25, 0.3) is 0 Å². The third kappa shape index (κ3) is 8.56. The Morgan fingerprint density at radius 2 is 1.07 bits per heavy atom. The molecule has 2 aromatic rings. The molecule has 0 atom stereocenters. The molecule has 0 heterocycles. The standard InChI is InChI=1S/C38H61O3P/c1-15-17-18-19-20-27(16-2)38(41-42(39)40,30-23-21-28(34(3,4)5)25-32(30)36(9,10)11)31-24-22-29(35(6,7)8)26-33(31)37(12,13)14/h16,21-26,39-40H,15,17-20H2,1-14H3. The fourth-order valence-electron chi connectivity index (χ4n) is 5.91. The van der Waals surface area contributed by atoms with E-state index in [0.717, 1.165) is 42.4 Å². The van der Waals surface area contributed by atoms with E-state index in [1.165, 1.54) is 28.7 Å². The lowest BCUT2D eigenvalue weighted by Crippen LogP contribution is -2.38. The van der Waals surface area contributed by atoms with Gasteiger partial charge in [0.05, 0.1) is 0 Å². The highest BCUT2D eigenvalue weighted by molar-refractivity contribution is 7.39. The van der Waals surface area contributed by atoms with Gasteiger partial charge in [0.15, 0.2) is 0 Å². The average Bonchev–Trinajstić information content (AvgIpc) is 2.84. The molecule has 2 N–H and O–H groups in total. The zero-order valence-corrected chi connectivity index (χ0v) is 30.2. The molecule has 0 aromatic heterocycles. The van der Waals surface area contributed by atoms with E-state index < -0.39 is 14.2 Å². The van der Waals surface area contributed by atoms with Crippen molar-refractivity contribution in [2.75, 3.05) is 0 Å². The third-order valence-corrected chi connectivity index (χ3v) is 8.90. The van der Waals surface area contributed by atoms with Gasteiger partial charge in [-0.15, -0.1) is 0 Å². The normalized spacial score (nSPS) is 14.2. The summed E-state index contributed by atoms with van der Waals surface area (Å²) in [6.07, 6.45) is 7.47. The Morgan fingerprint density at radius 1 is 0.643 bits per heavy atom. The maximum atomic E-state index is 10.8. The van der Waals surface area contributed by atoms with Crippen LogP contribution in [0.4, 0.5) is 0 Å². The summed E-state index contributed by atoms with van der Waals surface area (Å²) in [6, 6.07) is 13.5. The number of allylic oxidation sites excluding steroid dienone is 1. The van der Waals surface area contributed by atoms with Gasteiger partial charge in [-0.2, -0.15) is 0 Å². The highest BCUT2D eigenvalue weighted by Gasteiger charge is 2.47. The molecule has 2 rings (SSSR count). The highest BCUT2D eigenvalue weighted by Crippen LogP contribution is 2.54. The summed E-state index contributed by atoms with van der Waals surface area (Å²) in [4.78, 5) is 21.6. The van der Waals surface area contributed by atoms with Gasteiger partial charge < -0.3 is 9.79 Å². The van der Waals surface area contributed by atoms with E-state index in [1.54, 1.807) is 0 Å². The van der Waals surface area contributed by atoms with Gasteiger partial charge in [0.25, 0.3) is 0 Å². The molecule has 0 fully saturated rings. The molecule has 0 aliphatic carbocycles. The molecular formula is C38H61O3P. The SMILES string of the molecule is CC=C(CCCCCC)C(OP(O)O)(c1ccc(C(C)(C)C)cc1C(C)(C)C)c1ccc(C(C)(C)C)cc1C(C)(C)C. The second-order valence-electron chi connectivity index (χ2n) is 16.2. The summed E-state index contributed by atoms with van der Waals surface area (Å²) in [5, 5.41) is 0. The summed E-state index contributed by atoms with van der Waals surface area (Å²) in [7, 11) is -2.69. The third-order valence-electron chi connectivity index (χ3n) is 8.46. The second kappa shape index (κ2) is 13.6. The molecule has 0 radical (unpaired) electrons. The maximum Gasteiger partial charge on any atom is 0.328 e. The Hall–Kier alpha value is -1.51. The quantitative estimate of drug-likeness (QED) is 0.163. The average molecular weight is 597 g/mol. The van der Waals surface area contributed by atoms with Crippen molar-refractivity contribution in [3.05, 3.63) is 81.4 Å². The predicted octanol–water partition coefficient (Wildman–Crippen LogP) is 11.3. The number of rotatable bonds is 10. The van der Waals surface area contributed by atoms with Crippen LogP contribution < -0.4 is 0 Å². The molecule has 0 unspecified atom stereocenters. The maximum absolute atomic E-state index is 10.8. The molecule has 3 nitrogen and oxygen atoms in total.